The van der Waals surface area contributed by atoms with E-state index in [1.807, 2.05) is 36.7 Å². The zero-order valence-electron chi connectivity index (χ0n) is 9.53. The second kappa shape index (κ2) is 3.23. The zero-order chi connectivity index (χ0) is 12.1. The summed E-state index contributed by atoms with van der Waals surface area (Å²) in [5.74, 6) is 0. The maximum absolute atomic E-state index is 11.2. The van der Waals surface area contributed by atoms with E-state index in [4.69, 9.17) is 0 Å². The zero-order valence-corrected chi connectivity index (χ0v) is 9.53. The van der Waals surface area contributed by atoms with Crippen molar-refractivity contribution in [1.29, 1.82) is 0 Å². The Morgan fingerprint density at radius 1 is 1.06 bits per heavy atom. The van der Waals surface area contributed by atoms with Gasteiger partial charge in [0.05, 0.1) is 5.52 Å². The first-order valence-electron chi connectivity index (χ1n) is 5.83. The van der Waals surface area contributed by atoms with Gasteiger partial charge in [0.15, 0.2) is 6.29 Å². The first-order chi connectivity index (χ1) is 8.88. The standard InChI is InChI=1S/C15H10N2O/c18-8-10-5-9-6-16-7-12(9)14-11-3-1-2-4-13(11)17-15(10)14/h1-8,16-17H. The number of rotatable bonds is 1. The molecular weight excluding hydrogens is 224 g/mol. The molecule has 2 aromatic heterocycles. The molecule has 4 rings (SSSR count). The predicted octanol–water partition coefficient (Wildman–Crippen LogP) is 3.61. The molecule has 0 saturated carbocycles. The fourth-order valence-electron chi connectivity index (χ4n) is 2.68. The third-order valence-electron chi connectivity index (χ3n) is 3.48. The van der Waals surface area contributed by atoms with Gasteiger partial charge in [-0.2, -0.15) is 0 Å². The molecule has 2 N–H and O–H groups in total. The number of hydrogen-bond donors (Lipinski definition) is 2. The van der Waals surface area contributed by atoms with Crippen molar-refractivity contribution in [2.45, 2.75) is 0 Å². The Kier molecular flexibility index (Phi) is 1.70. The number of aromatic nitrogens is 2. The molecule has 3 heteroatoms. The van der Waals surface area contributed by atoms with Crippen molar-refractivity contribution >= 4 is 38.9 Å². The van der Waals surface area contributed by atoms with Crippen LogP contribution in [0.4, 0.5) is 0 Å². The molecule has 86 valence electrons. The van der Waals surface area contributed by atoms with Crippen LogP contribution in [0.5, 0.6) is 0 Å². The molecule has 0 aliphatic heterocycles. The smallest absolute Gasteiger partial charge is 0.152 e. The van der Waals surface area contributed by atoms with Gasteiger partial charge in [-0.1, -0.05) is 18.2 Å². The van der Waals surface area contributed by atoms with Crippen LogP contribution in [0.3, 0.4) is 0 Å². The maximum Gasteiger partial charge on any atom is 0.152 e. The molecular formula is C15H10N2O. The fourth-order valence-corrected chi connectivity index (χ4v) is 2.68. The second-order valence-corrected chi connectivity index (χ2v) is 4.46. The Labute approximate surface area is 102 Å². The number of nitrogens with one attached hydrogen (secondary N) is 2. The van der Waals surface area contributed by atoms with Crippen LogP contribution in [0.2, 0.25) is 0 Å². The minimum absolute atomic E-state index is 0.702. The molecule has 0 atom stereocenters. The molecule has 4 aromatic rings. The van der Waals surface area contributed by atoms with Crippen molar-refractivity contribution in [2.75, 3.05) is 0 Å². The van der Waals surface area contributed by atoms with E-state index >= 15 is 0 Å². The van der Waals surface area contributed by atoms with E-state index in [0.29, 0.717) is 5.56 Å². The van der Waals surface area contributed by atoms with Crippen LogP contribution in [0.25, 0.3) is 32.6 Å². The molecule has 0 amide bonds. The van der Waals surface area contributed by atoms with Crippen molar-refractivity contribution in [3.05, 3.63) is 48.3 Å². The summed E-state index contributed by atoms with van der Waals surface area (Å²) in [4.78, 5) is 17.7. The molecule has 2 aromatic carbocycles. The van der Waals surface area contributed by atoms with Crippen molar-refractivity contribution in [2.24, 2.45) is 0 Å². The molecule has 0 saturated heterocycles. The lowest BCUT2D eigenvalue weighted by atomic mass is 10.0. The first kappa shape index (κ1) is 9.48. The summed E-state index contributed by atoms with van der Waals surface area (Å²) in [6.07, 6.45) is 4.81. The maximum atomic E-state index is 11.2. The lowest BCUT2D eigenvalue weighted by Crippen LogP contribution is -1.82. The number of carbonyl (C=O) groups is 1. The lowest BCUT2D eigenvalue weighted by molar-refractivity contribution is 0.112. The average Bonchev–Trinajstić information content (AvgIpc) is 3.00. The van der Waals surface area contributed by atoms with Gasteiger partial charge in [-0.25, -0.2) is 0 Å². The number of benzene rings is 2. The summed E-state index contributed by atoms with van der Waals surface area (Å²) in [5.41, 5.74) is 2.68. The molecule has 0 unspecified atom stereocenters. The monoisotopic (exact) mass is 234 g/mol. The van der Waals surface area contributed by atoms with Crippen LogP contribution in [0, 0.1) is 0 Å². The van der Waals surface area contributed by atoms with Gasteiger partial charge < -0.3 is 9.97 Å². The third-order valence-corrected chi connectivity index (χ3v) is 3.48. The Hall–Kier alpha value is -2.55. The lowest BCUT2D eigenvalue weighted by Gasteiger charge is -1.97. The Morgan fingerprint density at radius 3 is 2.83 bits per heavy atom. The van der Waals surface area contributed by atoms with Crippen LogP contribution >= 0.6 is 0 Å². The van der Waals surface area contributed by atoms with Gasteiger partial charge in [0.1, 0.15) is 0 Å². The van der Waals surface area contributed by atoms with E-state index in [2.05, 4.69) is 16.0 Å². The van der Waals surface area contributed by atoms with Gasteiger partial charge in [-0.3, -0.25) is 4.79 Å². The number of fused-ring (bicyclic) bond motifs is 5. The van der Waals surface area contributed by atoms with E-state index in [0.717, 1.165) is 38.9 Å². The quantitative estimate of drug-likeness (QED) is 0.485. The minimum Gasteiger partial charge on any atom is -0.366 e. The molecule has 0 aliphatic rings. The average molecular weight is 234 g/mol. The third kappa shape index (κ3) is 1.06. The SMILES string of the molecule is O=Cc1cc2c[nH]cc2c2c1[nH]c1ccccc12. The summed E-state index contributed by atoms with van der Waals surface area (Å²) >= 11 is 0. The van der Waals surface area contributed by atoms with Crippen molar-refractivity contribution in [3.63, 3.8) is 0 Å². The van der Waals surface area contributed by atoms with Gasteiger partial charge in [0.25, 0.3) is 0 Å². The largest absolute Gasteiger partial charge is 0.366 e. The van der Waals surface area contributed by atoms with Crippen molar-refractivity contribution < 1.29 is 4.79 Å². The first-order valence-corrected chi connectivity index (χ1v) is 5.83. The molecule has 0 radical (unpaired) electrons. The molecule has 0 aliphatic carbocycles. The molecule has 18 heavy (non-hydrogen) atoms. The molecule has 0 spiro atoms. The van der Waals surface area contributed by atoms with E-state index < -0.39 is 0 Å². The van der Waals surface area contributed by atoms with Crippen LogP contribution in [-0.4, -0.2) is 16.3 Å². The van der Waals surface area contributed by atoms with Crippen LogP contribution in [-0.2, 0) is 0 Å². The normalized spacial score (nSPS) is 11.6. The number of aldehydes is 1. The summed E-state index contributed by atoms with van der Waals surface area (Å²) < 4.78 is 0. The van der Waals surface area contributed by atoms with E-state index in [1.165, 1.54) is 0 Å². The summed E-state index contributed by atoms with van der Waals surface area (Å²) in [6.45, 7) is 0. The topological polar surface area (TPSA) is 48.6 Å². The van der Waals surface area contributed by atoms with Crippen LogP contribution in [0.1, 0.15) is 10.4 Å². The molecule has 2 heterocycles. The summed E-state index contributed by atoms with van der Waals surface area (Å²) in [5, 5.41) is 4.48. The van der Waals surface area contributed by atoms with Crippen molar-refractivity contribution in [1.82, 2.24) is 9.97 Å². The van der Waals surface area contributed by atoms with Gasteiger partial charge >= 0.3 is 0 Å². The highest BCUT2D eigenvalue weighted by atomic mass is 16.1. The van der Waals surface area contributed by atoms with Crippen molar-refractivity contribution in [3.8, 4) is 0 Å². The van der Waals surface area contributed by atoms with Gasteiger partial charge in [-0.15, -0.1) is 0 Å². The van der Waals surface area contributed by atoms with Gasteiger partial charge in [-0.05, 0) is 12.1 Å². The Morgan fingerprint density at radius 2 is 1.94 bits per heavy atom. The molecule has 0 bridgehead atoms. The number of carbonyl (C=O) groups excluding carboxylic acids is 1. The Bertz CT molecular complexity index is 899. The van der Waals surface area contributed by atoms with Gasteiger partial charge in [0, 0.05) is 45.0 Å². The van der Waals surface area contributed by atoms with E-state index in [9.17, 15) is 4.79 Å². The highest BCUT2D eigenvalue weighted by Crippen LogP contribution is 2.33. The molecule has 3 nitrogen and oxygen atoms in total. The number of para-hydroxylation sites is 1. The van der Waals surface area contributed by atoms with Gasteiger partial charge in [0.2, 0.25) is 0 Å². The molecule has 0 fully saturated rings. The number of aromatic amines is 2. The number of hydrogen-bond acceptors (Lipinski definition) is 1. The van der Waals surface area contributed by atoms with E-state index in [-0.39, 0.29) is 0 Å². The summed E-state index contributed by atoms with van der Waals surface area (Å²) in [7, 11) is 0. The Balaban J connectivity index is 2.41. The fraction of sp³-hybridized carbons (Fsp3) is 0. The minimum atomic E-state index is 0.702. The highest BCUT2D eigenvalue weighted by molar-refractivity contribution is 6.23. The highest BCUT2D eigenvalue weighted by Gasteiger charge is 2.12. The number of H-pyrrole nitrogens is 2. The van der Waals surface area contributed by atoms with E-state index in [1.54, 1.807) is 0 Å². The second-order valence-electron chi connectivity index (χ2n) is 4.46. The van der Waals surface area contributed by atoms with Crippen LogP contribution < -0.4 is 0 Å². The predicted molar refractivity (Wildman–Crippen MR) is 73.0 cm³/mol. The summed E-state index contributed by atoms with van der Waals surface area (Å²) in [6, 6.07) is 10.0. The van der Waals surface area contributed by atoms with Crippen LogP contribution in [0.15, 0.2) is 42.7 Å².